The van der Waals surface area contributed by atoms with Crippen molar-refractivity contribution in [1.29, 1.82) is 0 Å². The Morgan fingerprint density at radius 1 is 1.21 bits per heavy atom. The van der Waals surface area contributed by atoms with Gasteiger partial charge in [-0.05, 0) is 12.1 Å². The summed E-state index contributed by atoms with van der Waals surface area (Å²) in [5, 5.41) is 9.51. The Balaban J connectivity index is 1.58. The maximum atomic E-state index is 12.3. The molecule has 1 saturated heterocycles. The number of aromatic nitrogens is 2. The minimum absolute atomic E-state index is 0.0782. The molecule has 1 aromatic heterocycles. The van der Waals surface area contributed by atoms with E-state index in [1.165, 1.54) is 0 Å². The van der Waals surface area contributed by atoms with Gasteiger partial charge < -0.3 is 15.0 Å². The third-order valence-electron chi connectivity index (χ3n) is 4.38. The van der Waals surface area contributed by atoms with Gasteiger partial charge >= 0.3 is 0 Å². The fourth-order valence-corrected chi connectivity index (χ4v) is 3.00. The Morgan fingerprint density at radius 3 is 2.71 bits per heavy atom. The number of aromatic amines is 1. The fraction of sp³-hybridized carbons (Fsp3) is 0.471. The summed E-state index contributed by atoms with van der Waals surface area (Å²) in [4.78, 5) is 35.5. The molecule has 1 aromatic carbocycles. The molecule has 24 heavy (non-hydrogen) atoms. The van der Waals surface area contributed by atoms with E-state index >= 15 is 0 Å². The lowest BCUT2D eigenvalue weighted by molar-refractivity contribution is -0.133. The van der Waals surface area contributed by atoms with Crippen molar-refractivity contribution in [3.8, 4) is 0 Å². The van der Waals surface area contributed by atoms with Crippen molar-refractivity contribution in [2.45, 2.75) is 12.8 Å². The quantitative estimate of drug-likeness (QED) is 0.805. The Bertz CT molecular complexity index is 766. The van der Waals surface area contributed by atoms with Crippen molar-refractivity contribution in [2.24, 2.45) is 0 Å². The van der Waals surface area contributed by atoms with Gasteiger partial charge in [-0.25, -0.2) is 4.98 Å². The molecule has 0 spiro atoms. The number of carbonyl (C=O) groups excluding carboxylic acids is 1. The van der Waals surface area contributed by atoms with E-state index in [9.17, 15) is 9.59 Å². The number of H-pyrrole nitrogens is 1. The third kappa shape index (κ3) is 3.80. The number of nitrogens with zero attached hydrogens (tertiary/aromatic N) is 3. The molecule has 0 atom stereocenters. The molecule has 0 bridgehead atoms. The molecule has 128 valence electrons. The number of aliphatic hydroxyl groups is 1. The smallest absolute Gasteiger partial charge is 0.258 e. The first kappa shape index (κ1) is 16.6. The first-order chi connectivity index (χ1) is 11.7. The Hall–Kier alpha value is -2.25. The normalized spacial score (nSPS) is 15.8. The van der Waals surface area contributed by atoms with Gasteiger partial charge in [0.25, 0.3) is 5.56 Å². The van der Waals surface area contributed by atoms with Crippen LogP contribution in [0.4, 0.5) is 0 Å². The maximum absolute atomic E-state index is 12.3. The van der Waals surface area contributed by atoms with Crippen LogP contribution < -0.4 is 5.56 Å². The summed E-state index contributed by atoms with van der Waals surface area (Å²) in [6, 6.07) is 7.19. The van der Waals surface area contributed by atoms with E-state index in [2.05, 4.69) is 14.9 Å². The lowest BCUT2D eigenvalue weighted by atomic mass is 10.2. The third-order valence-corrected chi connectivity index (χ3v) is 4.38. The van der Waals surface area contributed by atoms with Crippen molar-refractivity contribution in [3.63, 3.8) is 0 Å². The van der Waals surface area contributed by atoms with Crippen LogP contribution in [0.1, 0.15) is 12.2 Å². The lowest BCUT2D eigenvalue weighted by Gasteiger charge is -2.34. The molecule has 2 heterocycles. The summed E-state index contributed by atoms with van der Waals surface area (Å²) < 4.78 is 0. The molecule has 7 heteroatoms. The number of para-hydroxylation sites is 1. The van der Waals surface area contributed by atoms with E-state index in [-0.39, 0.29) is 18.1 Å². The van der Waals surface area contributed by atoms with Crippen molar-refractivity contribution < 1.29 is 9.90 Å². The Kier molecular flexibility index (Phi) is 5.22. The van der Waals surface area contributed by atoms with E-state index in [1.54, 1.807) is 18.2 Å². The van der Waals surface area contributed by atoms with E-state index in [1.807, 2.05) is 11.0 Å². The number of benzene rings is 1. The van der Waals surface area contributed by atoms with Gasteiger partial charge in [-0.3, -0.25) is 14.5 Å². The lowest BCUT2D eigenvalue weighted by Crippen LogP contribution is -2.49. The molecule has 0 aliphatic carbocycles. The molecule has 0 radical (unpaired) electrons. The summed E-state index contributed by atoms with van der Waals surface area (Å²) in [6.45, 7) is 3.74. The van der Waals surface area contributed by atoms with Gasteiger partial charge in [0.05, 0.1) is 17.5 Å². The average molecular weight is 330 g/mol. The molecule has 0 unspecified atom stereocenters. The summed E-state index contributed by atoms with van der Waals surface area (Å²) >= 11 is 0. The number of fused-ring (bicyclic) bond motifs is 1. The summed E-state index contributed by atoms with van der Waals surface area (Å²) in [7, 11) is 0. The highest BCUT2D eigenvalue weighted by molar-refractivity contribution is 5.78. The molecule has 2 aromatic rings. The zero-order chi connectivity index (χ0) is 16.9. The molecular formula is C17H22N4O3. The number of nitrogens with one attached hydrogen (secondary N) is 1. The molecule has 2 N–H and O–H groups in total. The van der Waals surface area contributed by atoms with Crippen LogP contribution in [0.3, 0.4) is 0 Å². The zero-order valence-electron chi connectivity index (χ0n) is 13.6. The largest absolute Gasteiger partial charge is 0.395 e. The maximum Gasteiger partial charge on any atom is 0.258 e. The van der Waals surface area contributed by atoms with Gasteiger partial charge in [0, 0.05) is 45.6 Å². The van der Waals surface area contributed by atoms with Crippen LogP contribution in [0, 0.1) is 0 Å². The average Bonchev–Trinajstić information content (AvgIpc) is 2.61. The number of aryl methyl sites for hydroxylation is 1. The van der Waals surface area contributed by atoms with Crippen molar-refractivity contribution in [2.75, 3.05) is 39.3 Å². The number of hydrogen-bond acceptors (Lipinski definition) is 5. The Labute approximate surface area is 139 Å². The second kappa shape index (κ2) is 7.55. The van der Waals surface area contributed by atoms with Crippen molar-refractivity contribution in [1.82, 2.24) is 19.8 Å². The van der Waals surface area contributed by atoms with Gasteiger partial charge in [0.2, 0.25) is 5.91 Å². The second-order valence-electron chi connectivity index (χ2n) is 5.98. The highest BCUT2D eigenvalue weighted by Crippen LogP contribution is 2.08. The number of rotatable bonds is 5. The minimum atomic E-state index is -0.166. The van der Waals surface area contributed by atoms with Crippen LogP contribution in [0.5, 0.6) is 0 Å². The predicted molar refractivity (Wildman–Crippen MR) is 90.8 cm³/mol. The van der Waals surface area contributed by atoms with Gasteiger partial charge in [-0.1, -0.05) is 12.1 Å². The predicted octanol–water partition coefficient (Wildman–Crippen LogP) is -0.00780. The number of aliphatic hydroxyl groups excluding tert-OH is 1. The number of β-amino-alcohol motifs (C(OH)–C–C–N with tert-alkyl or cyclic N) is 1. The number of carbonyl (C=O) groups is 1. The zero-order valence-corrected chi connectivity index (χ0v) is 13.6. The van der Waals surface area contributed by atoms with Gasteiger partial charge in [0.15, 0.2) is 0 Å². The Morgan fingerprint density at radius 2 is 1.96 bits per heavy atom. The number of amides is 1. The SMILES string of the molecule is O=C(CCc1nc2ccccc2c(=O)[nH]1)N1CCN(CCO)CC1. The summed E-state index contributed by atoms with van der Waals surface area (Å²) in [6.07, 6.45) is 0.761. The van der Waals surface area contributed by atoms with Crippen LogP contribution in [0.15, 0.2) is 29.1 Å². The fourth-order valence-electron chi connectivity index (χ4n) is 3.00. The standard InChI is InChI=1S/C17H22N4O3/c22-12-11-20-7-9-21(10-8-20)16(23)6-5-15-18-14-4-2-1-3-13(14)17(24)19-15/h1-4,22H,5-12H2,(H,18,19,24). The van der Waals surface area contributed by atoms with Crippen LogP contribution in [0.2, 0.25) is 0 Å². The molecular weight excluding hydrogens is 308 g/mol. The topological polar surface area (TPSA) is 89.5 Å². The van der Waals surface area contributed by atoms with Crippen molar-refractivity contribution in [3.05, 3.63) is 40.4 Å². The van der Waals surface area contributed by atoms with Gasteiger partial charge in [-0.15, -0.1) is 0 Å². The second-order valence-corrected chi connectivity index (χ2v) is 5.98. The van der Waals surface area contributed by atoms with Crippen LogP contribution in [0.25, 0.3) is 10.9 Å². The van der Waals surface area contributed by atoms with Crippen molar-refractivity contribution >= 4 is 16.8 Å². The number of piperazine rings is 1. The van der Waals surface area contributed by atoms with E-state index in [0.29, 0.717) is 49.2 Å². The van der Waals surface area contributed by atoms with E-state index in [0.717, 1.165) is 13.1 Å². The molecule has 1 aliphatic rings. The molecule has 7 nitrogen and oxygen atoms in total. The van der Waals surface area contributed by atoms with E-state index < -0.39 is 0 Å². The van der Waals surface area contributed by atoms with Crippen LogP contribution in [-0.4, -0.2) is 70.1 Å². The number of hydrogen-bond donors (Lipinski definition) is 2. The molecule has 3 rings (SSSR count). The highest BCUT2D eigenvalue weighted by Gasteiger charge is 2.20. The van der Waals surface area contributed by atoms with Gasteiger partial charge in [-0.2, -0.15) is 0 Å². The van der Waals surface area contributed by atoms with Crippen LogP contribution >= 0.6 is 0 Å². The monoisotopic (exact) mass is 330 g/mol. The highest BCUT2D eigenvalue weighted by atomic mass is 16.3. The minimum Gasteiger partial charge on any atom is -0.395 e. The van der Waals surface area contributed by atoms with E-state index in [4.69, 9.17) is 5.11 Å². The van der Waals surface area contributed by atoms with Gasteiger partial charge in [0.1, 0.15) is 5.82 Å². The molecule has 1 aliphatic heterocycles. The molecule has 0 saturated carbocycles. The summed E-state index contributed by atoms with van der Waals surface area (Å²) in [5.41, 5.74) is 0.488. The molecule has 1 amide bonds. The van der Waals surface area contributed by atoms with Crippen LogP contribution in [-0.2, 0) is 11.2 Å². The first-order valence-corrected chi connectivity index (χ1v) is 8.26. The first-order valence-electron chi connectivity index (χ1n) is 8.26. The molecule has 1 fully saturated rings. The summed E-state index contributed by atoms with van der Waals surface area (Å²) in [5.74, 6) is 0.625.